The minimum absolute atomic E-state index is 0.309. The van der Waals surface area contributed by atoms with Crippen LogP contribution in [0.5, 0.6) is 5.75 Å². The van der Waals surface area contributed by atoms with E-state index in [1.165, 1.54) is 30.5 Å². The largest absolute Gasteiger partial charge is 0.495 e. The molecule has 18 heavy (non-hydrogen) atoms. The second kappa shape index (κ2) is 5.31. The van der Waals surface area contributed by atoms with Crippen LogP contribution in [0.1, 0.15) is 5.56 Å². The molecule has 0 aliphatic heterocycles. The number of anilines is 1. The van der Waals surface area contributed by atoms with Gasteiger partial charge in [0.2, 0.25) is 0 Å². The van der Waals surface area contributed by atoms with E-state index in [1.54, 1.807) is 6.07 Å². The molecule has 0 saturated heterocycles. The van der Waals surface area contributed by atoms with Crippen LogP contribution in [0.25, 0.3) is 0 Å². The van der Waals surface area contributed by atoms with Gasteiger partial charge in [-0.3, -0.25) is 0 Å². The number of halogens is 1. The fourth-order valence-electron chi connectivity index (χ4n) is 1.54. The smallest absolute Gasteiger partial charge is 0.143 e. The van der Waals surface area contributed by atoms with E-state index in [9.17, 15) is 4.39 Å². The zero-order valence-electron chi connectivity index (χ0n) is 10.2. The molecule has 0 bridgehead atoms. The SMILES string of the molecule is COc1cc(Sc2ccc(C)cc2)c(F)cc1N. The Labute approximate surface area is 110 Å². The van der Waals surface area contributed by atoms with Gasteiger partial charge >= 0.3 is 0 Å². The molecule has 0 atom stereocenters. The third-order valence-electron chi connectivity index (χ3n) is 2.53. The molecule has 0 saturated carbocycles. The summed E-state index contributed by atoms with van der Waals surface area (Å²) in [6, 6.07) is 10.8. The lowest BCUT2D eigenvalue weighted by Crippen LogP contribution is -1.94. The van der Waals surface area contributed by atoms with Crippen molar-refractivity contribution in [2.45, 2.75) is 16.7 Å². The van der Waals surface area contributed by atoms with Crippen molar-refractivity contribution >= 4 is 17.4 Å². The summed E-state index contributed by atoms with van der Waals surface area (Å²) in [4.78, 5) is 1.48. The third-order valence-corrected chi connectivity index (χ3v) is 3.57. The van der Waals surface area contributed by atoms with E-state index in [0.717, 1.165) is 4.90 Å². The molecule has 94 valence electrons. The Morgan fingerprint density at radius 1 is 1.17 bits per heavy atom. The first kappa shape index (κ1) is 12.8. The van der Waals surface area contributed by atoms with Gasteiger partial charge in [-0.25, -0.2) is 4.39 Å². The van der Waals surface area contributed by atoms with Crippen molar-refractivity contribution in [2.75, 3.05) is 12.8 Å². The van der Waals surface area contributed by atoms with Crippen molar-refractivity contribution in [2.24, 2.45) is 0 Å². The predicted molar refractivity (Wildman–Crippen MR) is 72.7 cm³/mol. The molecule has 0 unspecified atom stereocenters. The lowest BCUT2D eigenvalue weighted by atomic mass is 10.2. The maximum atomic E-state index is 13.8. The van der Waals surface area contributed by atoms with Crippen LogP contribution in [0.3, 0.4) is 0 Å². The van der Waals surface area contributed by atoms with Crippen LogP contribution < -0.4 is 10.5 Å². The Kier molecular flexibility index (Phi) is 3.77. The summed E-state index contributed by atoms with van der Waals surface area (Å²) >= 11 is 1.35. The number of methoxy groups -OCH3 is 1. The molecule has 0 aliphatic rings. The van der Waals surface area contributed by atoms with Crippen LogP contribution in [0, 0.1) is 12.7 Å². The first-order valence-electron chi connectivity index (χ1n) is 5.47. The van der Waals surface area contributed by atoms with E-state index >= 15 is 0 Å². The highest BCUT2D eigenvalue weighted by Crippen LogP contribution is 2.35. The third kappa shape index (κ3) is 2.76. The standard InChI is InChI=1S/C14H14FNOS/c1-9-3-5-10(6-4-9)18-14-8-13(17-2)12(16)7-11(14)15/h3-8H,16H2,1-2H3. The normalized spacial score (nSPS) is 10.4. The molecule has 0 radical (unpaired) electrons. The van der Waals surface area contributed by atoms with Crippen LogP contribution >= 0.6 is 11.8 Å². The number of hydrogen-bond donors (Lipinski definition) is 1. The minimum Gasteiger partial charge on any atom is -0.495 e. The van der Waals surface area contributed by atoms with Crippen molar-refractivity contribution in [3.8, 4) is 5.75 Å². The second-order valence-corrected chi connectivity index (χ2v) is 5.06. The summed E-state index contributed by atoms with van der Waals surface area (Å²) in [5.74, 6) is 0.157. The second-order valence-electron chi connectivity index (χ2n) is 3.94. The van der Waals surface area contributed by atoms with E-state index < -0.39 is 0 Å². The molecule has 4 heteroatoms. The van der Waals surface area contributed by atoms with Gasteiger partial charge in [0.25, 0.3) is 0 Å². The van der Waals surface area contributed by atoms with Crippen molar-refractivity contribution < 1.29 is 9.13 Å². The zero-order chi connectivity index (χ0) is 13.1. The van der Waals surface area contributed by atoms with Crippen LogP contribution in [0.4, 0.5) is 10.1 Å². The van der Waals surface area contributed by atoms with Gasteiger partial charge in [0.1, 0.15) is 11.6 Å². The molecule has 0 spiro atoms. The summed E-state index contributed by atoms with van der Waals surface area (Å²) in [5.41, 5.74) is 7.12. The minimum atomic E-state index is -0.334. The van der Waals surface area contributed by atoms with Gasteiger partial charge in [-0.05, 0) is 25.1 Å². The molecule has 0 aliphatic carbocycles. The molecule has 0 heterocycles. The van der Waals surface area contributed by atoms with E-state index in [2.05, 4.69) is 0 Å². The van der Waals surface area contributed by atoms with Crippen molar-refractivity contribution in [3.63, 3.8) is 0 Å². The number of aryl methyl sites for hydroxylation is 1. The Hall–Kier alpha value is -1.68. The van der Waals surface area contributed by atoms with Gasteiger partial charge in [0.05, 0.1) is 17.7 Å². The maximum Gasteiger partial charge on any atom is 0.143 e. The van der Waals surface area contributed by atoms with E-state index in [1.807, 2.05) is 31.2 Å². The van der Waals surface area contributed by atoms with Crippen molar-refractivity contribution in [1.29, 1.82) is 0 Å². The summed E-state index contributed by atoms with van der Waals surface area (Å²) in [5, 5.41) is 0. The van der Waals surface area contributed by atoms with Gasteiger partial charge in [-0.2, -0.15) is 0 Å². The van der Waals surface area contributed by atoms with Crippen molar-refractivity contribution in [3.05, 3.63) is 47.8 Å². The first-order valence-corrected chi connectivity index (χ1v) is 6.29. The predicted octanol–water partition coefficient (Wildman–Crippen LogP) is 3.88. The maximum absolute atomic E-state index is 13.8. The zero-order valence-corrected chi connectivity index (χ0v) is 11.1. The van der Waals surface area contributed by atoms with Crippen LogP contribution in [0.2, 0.25) is 0 Å². The van der Waals surface area contributed by atoms with Gasteiger partial charge in [0.15, 0.2) is 0 Å². The van der Waals surface area contributed by atoms with Crippen LogP contribution in [-0.2, 0) is 0 Å². The quantitative estimate of drug-likeness (QED) is 0.854. The van der Waals surface area contributed by atoms with Gasteiger partial charge in [-0.15, -0.1) is 0 Å². The monoisotopic (exact) mass is 263 g/mol. The average molecular weight is 263 g/mol. The Balaban J connectivity index is 2.31. The lowest BCUT2D eigenvalue weighted by Gasteiger charge is -2.09. The number of nitrogens with two attached hydrogens (primary N) is 1. The molecule has 0 amide bonds. The highest BCUT2D eigenvalue weighted by Gasteiger charge is 2.09. The highest BCUT2D eigenvalue weighted by atomic mass is 32.2. The molecular weight excluding hydrogens is 249 g/mol. The fourth-order valence-corrected chi connectivity index (χ4v) is 2.39. The molecule has 2 N–H and O–H groups in total. The van der Waals surface area contributed by atoms with E-state index in [0.29, 0.717) is 16.3 Å². The van der Waals surface area contributed by atoms with Gasteiger partial charge < -0.3 is 10.5 Å². The molecule has 2 aromatic rings. The fraction of sp³-hybridized carbons (Fsp3) is 0.143. The highest BCUT2D eigenvalue weighted by molar-refractivity contribution is 7.99. The molecule has 2 nitrogen and oxygen atoms in total. The molecule has 0 aromatic heterocycles. The molecular formula is C14H14FNOS. The topological polar surface area (TPSA) is 35.2 Å². The van der Waals surface area contributed by atoms with Crippen LogP contribution in [0.15, 0.2) is 46.2 Å². The molecule has 2 rings (SSSR count). The molecule has 2 aromatic carbocycles. The van der Waals surface area contributed by atoms with E-state index in [4.69, 9.17) is 10.5 Å². The summed E-state index contributed by atoms with van der Waals surface area (Å²) in [6.07, 6.45) is 0. The number of benzene rings is 2. The number of hydrogen-bond acceptors (Lipinski definition) is 3. The Bertz CT molecular complexity index is 554. The number of nitrogen functional groups attached to an aromatic ring is 1. The Morgan fingerprint density at radius 3 is 2.44 bits per heavy atom. The first-order chi connectivity index (χ1) is 8.60. The Morgan fingerprint density at radius 2 is 1.83 bits per heavy atom. The lowest BCUT2D eigenvalue weighted by molar-refractivity contribution is 0.414. The molecule has 0 fully saturated rings. The van der Waals surface area contributed by atoms with Crippen LogP contribution in [-0.4, -0.2) is 7.11 Å². The van der Waals surface area contributed by atoms with Crippen molar-refractivity contribution in [1.82, 2.24) is 0 Å². The number of ether oxygens (including phenoxy) is 1. The van der Waals surface area contributed by atoms with Gasteiger partial charge in [0, 0.05) is 11.0 Å². The average Bonchev–Trinajstić information content (AvgIpc) is 2.35. The summed E-state index contributed by atoms with van der Waals surface area (Å²) < 4.78 is 18.9. The summed E-state index contributed by atoms with van der Waals surface area (Å²) in [6.45, 7) is 2.02. The van der Waals surface area contributed by atoms with E-state index in [-0.39, 0.29) is 5.82 Å². The van der Waals surface area contributed by atoms with Gasteiger partial charge in [-0.1, -0.05) is 29.5 Å². The summed E-state index contributed by atoms with van der Waals surface area (Å²) in [7, 11) is 1.52. The number of rotatable bonds is 3.